The molecule has 1 atom stereocenters. The molecule has 0 saturated heterocycles. The van der Waals surface area contributed by atoms with Crippen LogP contribution in [0.25, 0.3) is 0 Å². The van der Waals surface area contributed by atoms with Crippen molar-refractivity contribution in [2.24, 2.45) is 0 Å². The first-order chi connectivity index (χ1) is 7.13. The smallest absolute Gasteiger partial charge is 0.246 e. The van der Waals surface area contributed by atoms with E-state index in [9.17, 15) is 9.90 Å². The molecular weight excluding hydrogens is 260 g/mol. The standard InChI is InChI=1S/C10H11BrN2O2/c1-2-12-9-5-3-6(11)8(14)4-7(5)13-10(9)15/h3-4,9,12,14H,2H2,1H3,(H,13,15). The summed E-state index contributed by atoms with van der Waals surface area (Å²) in [6, 6.07) is 2.99. The number of phenolic OH excluding ortho intramolecular Hbond substituents is 1. The lowest BCUT2D eigenvalue weighted by Gasteiger charge is -2.09. The fraction of sp³-hybridized carbons (Fsp3) is 0.300. The van der Waals surface area contributed by atoms with Crippen LogP contribution in [-0.4, -0.2) is 17.6 Å². The van der Waals surface area contributed by atoms with Gasteiger partial charge in [-0.05, 0) is 28.5 Å². The van der Waals surface area contributed by atoms with Gasteiger partial charge in [0, 0.05) is 17.3 Å². The Morgan fingerprint density at radius 3 is 3.00 bits per heavy atom. The zero-order valence-electron chi connectivity index (χ0n) is 8.17. The number of hydrogen-bond donors (Lipinski definition) is 3. The molecule has 80 valence electrons. The van der Waals surface area contributed by atoms with Crippen molar-refractivity contribution >= 4 is 27.5 Å². The molecule has 3 N–H and O–H groups in total. The van der Waals surface area contributed by atoms with Gasteiger partial charge in [-0.25, -0.2) is 0 Å². The minimum Gasteiger partial charge on any atom is -0.507 e. The number of fused-ring (bicyclic) bond motifs is 1. The van der Waals surface area contributed by atoms with E-state index in [1.54, 1.807) is 12.1 Å². The summed E-state index contributed by atoms with van der Waals surface area (Å²) in [5.74, 6) is 0.0514. The average Bonchev–Trinajstić information content (AvgIpc) is 2.46. The largest absolute Gasteiger partial charge is 0.507 e. The highest BCUT2D eigenvalue weighted by molar-refractivity contribution is 9.10. The lowest BCUT2D eigenvalue weighted by Crippen LogP contribution is -2.27. The lowest BCUT2D eigenvalue weighted by atomic mass is 10.1. The Balaban J connectivity index is 2.44. The monoisotopic (exact) mass is 270 g/mol. The van der Waals surface area contributed by atoms with Crippen molar-refractivity contribution in [1.29, 1.82) is 0 Å². The Labute approximate surface area is 95.8 Å². The molecule has 0 spiro atoms. The molecule has 2 rings (SSSR count). The fourth-order valence-electron chi connectivity index (χ4n) is 1.68. The Morgan fingerprint density at radius 2 is 2.33 bits per heavy atom. The van der Waals surface area contributed by atoms with Gasteiger partial charge in [0.05, 0.1) is 4.47 Å². The van der Waals surface area contributed by atoms with Gasteiger partial charge >= 0.3 is 0 Å². The number of rotatable bonds is 2. The highest BCUT2D eigenvalue weighted by Gasteiger charge is 2.30. The maximum atomic E-state index is 11.6. The van der Waals surface area contributed by atoms with E-state index in [0.717, 1.165) is 12.1 Å². The van der Waals surface area contributed by atoms with Crippen LogP contribution in [-0.2, 0) is 4.79 Å². The average molecular weight is 271 g/mol. The van der Waals surface area contributed by atoms with Crippen LogP contribution in [0.5, 0.6) is 5.75 Å². The van der Waals surface area contributed by atoms with Crippen LogP contribution in [0.1, 0.15) is 18.5 Å². The zero-order chi connectivity index (χ0) is 11.0. The molecule has 1 heterocycles. The topological polar surface area (TPSA) is 61.4 Å². The van der Waals surface area contributed by atoms with Crippen LogP contribution in [0.3, 0.4) is 0 Å². The highest BCUT2D eigenvalue weighted by Crippen LogP contribution is 2.37. The van der Waals surface area contributed by atoms with E-state index in [4.69, 9.17) is 0 Å². The number of phenols is 1. The number of anilines is 1. The molecule has 0 aromatic heterocycles. The molecule has 4 nitrogen and oxygen atoms in total. The second-order valence-electron chi connectivity index (χ2n) is 3.37. The quantitative estimate of drug-likeness (QED) is 0.768. The predicted octanol–water partition coefficient (Wildman–Crippen LogP) is 1.76. The van der Waals surface area contributed by atoms with Crippen molar-refractivity contribution in [2.75, 3.05) is 11.9 Å². The number of halogens is 1. The Kier molecular flexibility index (Phi) is 2.67. The van der Waals surface area contributed by atoms with Crippen LogP contribution in [0.15, 0.2) is 16.6 Å². The van der Waals surface area contributed by atoms with Crippen molar-refractivity contribution in [1.82, 2.24) is 5.32 Å². The normalized spacial score (nSPS) is 18.8. The summed E-state index contributed by atoms with van der Waals surface area (Å²) in [4.78, 5) is 11.6. The number of likely N-dealkylation sites (N-methyl/N-ethyl adjacent to an activating group) is 1. The molecule has 0 saturated carbocycles. The summed E-state index contributed by atoms with van der Waals surface area (Å²) < 4.78 is 0.598. The van der Waals surface area contributed by atoms with E-state index in [0.29, 0.717) is 10.2 Å². The van der Waals surface area contributed by atoms with Crippen molar-refractivity contribution in [3.63, 3.8) is 0 Å². The summed E-state index contributed by atoms with van der Waals surface area (Å²) >= 11 is 3.23. The minimum absolute atomic E-state index is 0.0793. The van der Waals surface area contributed by atoms with Crippen LogP contribution in [0.4, 0.5) is 5.69 Å². The molecule has 0 fully saturated rings. The summed E-state index contributed by atoms with van der Waals surface area (Å²) in [7, 11) is 0. The number of amides is 1. The van der Waals surface area contributed by atoms with Crippen molar-refractivity contribution in [3.8, 4) is 5.75 Å². The summed E-state index contributed by atoms with van der Waals surface area (Å²) in [6.45, 7) is 2.66. The number of carbonyl (C=O) groups excluding carboxylic acids is 1. The molecule has 1 amide bonds. The van der Waals surface area contributed by atoms with Gasteiger partial charge in [-0.2, -0.15) is 0 Å². The third kappa shape index (κ3) is 1.72. The van der Waals surface area contributed by atoms with Crippen LogP contribution < -0.4 is 10.6 Å². The van der Waals surface area contributed by atoms with Crippen molar-refractivity contribution in [3.05, 3.63) is 22.2 Å². The molecule has 0 bridgehead atoms. The zero-order valence-corrected chi connectivity index (χ0v) is 9.76. The SMILES string of the molecule is CCNC1C(=O)Nc2cc(O)c(Br)cc21. The van der Waals surface area contributed by atoms with E-state index in [-0.39, 0.29) is 17.7 Å². The van der Waals surface area contributed by atoms with Gasteiger partial charge in [0.25, 0.3) is 0 Å². The van der Waals surface area contributed by atoms with Crippen molar-refractivity contribution in [2.45, 2.75) is 13.0 Å². The number of aromatic hydroxyl groups is 1. The first-order valence-electron chi connectivity index (χ1n) is 4.70. The molecule has 0 aliphatic carbocycles. The number of benzene rings is 1. The van der Waals surface area contributed by atoms with Crippen LogP contribution >= 0.6 is 15.9 Å². The maximum absolute atomic E-state index is 11.6. The fourth-order valence-corrected chi connectivity index (χ4v) is 2.04. The van der Waals surface area contributed by atoms with E-state index in [2.05, 4.69) is 26.6 Å². The molecular formula is C10H11BrN2O2. The van der Waals surface area contributed by atoms with E-state index < -0.39 is 0 Å². The number of carbonyl (C=O) groups is 1. The highest BCUT2D eigenvalue weighted by atomic mass is 79.9. The summed E-state index contributed by atoms with van der Waals surface area (Å²) in [5, 5.41) is 15.3. The van der Waals surface area contributed by atoms with Gasteiger partial charge in [0.2, 0.25) is 5.91 Å². The Hall–Kier alpha value is -1.07. The second kappa shape index (κ2) is 3.83. The molecule has 1 aromatic carbocycles. The molecule has 1 unspecified atom stereocenters. The molecule has 0 radical (unpaired) electrons. The minimum atomic E-state index is -0.318. The first kappa shape index (κ1) is 10.4. The van der Waals surface area contributed by atoms with Gasteiger partial charge < -0.3 is 15.7 Å². The van der Waals surface area contributed by atoms with Gasteiger partial charge in [-0.15, -0.1) is 0 Å². The van der Waals surface area contributed by atoms with Gasteiger partial charge in [0.15, 0.2) is 0 Å². The van der Waals surface area contributed by atoms with Crippen molar-refractivity contribution < 1.29 is 9.90 Å². The van der Waals surface area contributed by atoms with E-state index >= 15 is 0 Å². The Morgan fingerprint density at radius 1 is 1.60 bits per heavy atom. The first-order valence-corrected chi connectivity index (χ1v) is 5.49. The molecule has 5 heteroatoms. The summed E-state index contributed by atoms with van der Waals surface area (Å²) in [5.41, 5.74) is 1.54. The van der Waals surface area contributed by atoms with E-state index in [1.807, 2.05) is 6.92 Å². The summed E-state index contributed by atoms with van der Waals surface area (Å²) in [6.07, 6.45) is 0. The van der Waals surface area contributed by atoms with Crippen LogP contribution in [0.2, 0.25) is 0 Å². The second-order valence-corrected chi connectivity index (χ2v) is 4.23. The van der Waals surface area contributed by atoms with Crippen LogP contribution in [0, 0.1) is 0 Å². The van der Waals surface area contributed by atoms with Gasteiger partial charge in [0.1, 0.15) is 11.8 Å². The van der Waals surface area contributed by atoms with Gasteiger partial charge in [-0.1, -0.05) is 6.92 Å². The lowest BCUT2D eigenvalue weighted by molar-refractivity contribution is -0.117. The molecule has 1 aliphatic rings. The number of hydrogen-bond acceptors (Lipinski definition) is 3. The predicted molar refractivity (Wildman–Crippen MR) is 60.9 cm³/mol. The van der Waals surface area contributed by atoms with Gasteiger partial charge in [-0.3, -0.25) is 4.79 Å². The van der Waals surface area contributed by atoms with E-state index in [1.165, 1.54) is 0 Å². The Bertz CT molecular complexity index is 420. The maximum Gasteiger partial charge on any atom is 0.246 e. The number of nitrogens with one attached hydrogen (secondary N) is 2. The third-order valence-electron chi connectivity index (χ3n) is 2.36. The molecule has 15 heavy (non-hydrogen) atoms. The third-order valence-corrected chi connectivity index (χ3v) is 2.99. The molecule has 1 aliphatic heterocycles. The molecule has 1 aromatic rings.